The Morgan fingerprint density at radius 1 is 1.33 bits per heavy atom. The summed E-state index contributed by atoms with van der Waals surface area (Å²) in [5.74, 6) is 0.0520. The van der Waals surface area contributed by atoms with Gasteiger partial charge in [0.05, 0.1) is 0 Å². The first-order valence-electron chi connectivity index (χ1n) is 3.20. The van der Waals surface area contributed by atoms with Crippen LogP contribution in [0.2, 0.25) is 10.3 Å². The second kappa shape index (κ2) is 2.54. The zero-order chi connectivity index (χ0) is 8.72. The molecule has 5 heteroatoms. The van der Waals surface area contributed by atoms with E-state index in [1.807, 2.05) is 0 Å². The number of nitrogens with one attached hydrogen (secondary N) is 1. The van der Waals surface area contributed by atoms with E-state index in [0.29, 0.717) is 10.8 Å². The molecule has 2 rings (SSSR count). The maximum atomic E-state index is 9.26. The summed E-state index contributed by atoms with van der Waals surface area (Å²) in [6.07, 6.45) is 1.58. The van der Waals surface area contributed by atoms with Crippen molar-refractivity contribution in [1.29, 1.82) is 0 Å². The number of aromatic amines is 1. The van der Waals surface area contributed by atoms with Gasteiger partial charge in [0, 0.05) is 17.0 Å². The Labute approximate surface area is 77.9 Å². The van der Waals surface area contributed by atoms with Crippen LogP contribution >= 0.6 is 23.2 Å². The lowest BCUT2D eigenvalue weighted by Gasteiger charge is -1.93. The highest BCUT2D eigenvalue weighted by atomic mass is 35.5. The van der Waals surface area contributed by atoms with E-state index in [4.69, 9.17) is 23.2 Å². The zero-order valence-corrected chi connectivity index (χ0v) is 7.32. The molecular weight excluding hydrogens is 199 g/mol. The standard InChI is InChI=1S/C7H4Cl2N2O/c8-5-1-3-4(6(9)11-5)2-10-7(3)12/h1-2,10,12H. The second-order valence-corrected chi connectivity index (χ2v) is 3.08. The number of pyridine rings is 1. The van der Waals surface area contributed by atoms with E-state index in [1.165, 1.54) is 0 Å². The highest BCUT2D eigenvalue weighted by Gasteiger charge is 2.07. The molecule has 0 spiro atoms. The number of H-pyrrole nitrogens is 1. The lowest BCUT2D eigenvalue weighted by atomic mass is 10.3. The fraction of sp³-hybridized carbons (Fsp3) is 0. The Balaban J connectivity index is 2.92. The molecule has 0 aromatic carbocycles. The van der Waals surface area contributed by atoms with Crippen molar-refractivity contribution in [3.05, 3.63) is 22.6 Å². The average Bonchev–Trinajstić information content (AvgIpc) is 2.33. The van der Waals surface area contributed by atoms with Crippen LogP contribution in [0.15, 0.2) is 12.3 Å². The summed E-state index contributed by atoms with van der Waals surface area (Å²) < 4.78 is 0. The lowest BCUT2D eigenvalue weighted by molar-refractivity contribution is 0.462. The van der Waals surface area contributed by atoms with E-state index in [-0.39, 0.29) is 16.2 Å². The Morgan fingerprint density at radius 3 is 2.83 bits per heavy atom. The van der Waals surface area contributed by atoms with E-state index in [2.05, 4.69) is 9.97 Å². The van der Waals surface area contributed by atoms with Crippen molar-refractivity contribution in [3.8, 4) is 5.88 Å². The van der Waals surface area contributed by atoms with Crippen LogP contribution in [-0.4, -0.2) is 15.1 Å². The van der Waals surface area contributed by atoms with Crippen LogP contribution in [0.1, 0.15) is 0 Å². The van der Waals surface area contributed by atoms with Crippen molar-refractivity contribution in [1.82, 2.24) is 9.97 Å². The molecule has 0 bridgehead atoms. The predicted molar refractivity (Wildman–Crippen MR) is 47.8 cm³/mol. The Morgan fingerprint density at radius 2 is 2.08 bits per heavy atom. The van der Waals surface area contributed by atoms with Gasteiger partial charge in [0.25, 0.3) is 0 Å². The first kappa shape index (κ1) is 7.71. The first-order valence-corrected chi connectivity index (χ1v) is 3.96. The maximum absolute atomic E-state index is 9.26. The van der Waals surface area contributed by atoms with Crippen molar-refractivity contribution in [2.75, 3.05) is 0 Å². The topological polar surface area (TPSA) is 48.9 Å². The third-order valence-corrected chi connectivity index (χ3v) is 2.07. The second-order valence-electron chi connectivity index (χ2n) is 2.33. The van der Waals surface area contributed by atoms with Crippen molar-refractivity contribution in [2.24, 2.45) is 0 Å². The molecule has 2 aromatic heterocycles. The van der Waals surface area contributed by atoms with Gasteiger partial charge in [0.2, 0.25) is 0 Å². The SMILES string of the molecule is Oc1[nH]cc2c(Cl)nc(Cl)cc12. The van der Waals surface area contributed by atoms with Gasteiger partial charge in [-0.15, -0.1) is 0 Å². The Kier molecular flexibility index (Phi) is 1.63. The quantitative estimate of drug-likeness (QED) is 0.646. The molecule has 12 heavy (non-hydrogen) atoms. The van der Waals surface area contributed by atoms with Crippen LogP contribution < -0.4 is 0 Å². The van der Waals surface area contributed by atoms with Gasteiger partial charge < -0.3 is 10.1 Å². The minimum absolute atomic E-state index is 0.0520. The number of hydrogen-bond donors (Lipinski definition) is 2. The van der Waals surface area contributed by atoms with Gasteiger partial charge in [0.1, 0.15) is 10.3 Å². The first-order chi connectivity index (χ1) is 5.68. The summed E-state index contributed by atoms with van der Waals surface area (Å²) >= 11 is 11.4. The minimum Gasteiger partial charge on any atom is -0.494 e. The largest absolute Gasteiger partial charge is 0.494 e. The monoisotopic (exact) mass is 202 g/mol. The Hall–Kier alpha value is -0.930. The Bertz CT molecular complexity index is 438. The molecule has 2 N–H and O–H groups in total. The molecule has 0 saturated carbocycles. The molecular formula is C7H4Cl2N2O. The van der Waals surface area contributed by atoms with Crippen molar-refractivity contribution in [3.63, 3.8) is 0 Å². The number of rotatable bonds is 0. The normalized spacial score (nSPS) is 10.8. The highest BCUT2D eigenvalue weighted by Crippen LogP contribution is 2.30. The molecule has 0 saturated heterocycles. The van der Waals surface area contributed by atoms with Crippen molar-refractivity contribution in [2.45, 2.75) is 0 Å². The van der Waals surface area contributed by atoms with E-state index in [1.54, 1.807) is 12.3 Å². The van der Waals surface area contributed by atoms with E-state index in [9.17, 15) is 5.11 Å². The smallest absolute Gasteiger partial charge is 0.196 e. The zero-order valence-electron chi connectivity index (χ0n) is 5.81. The molecule has 0 aliphatic rings. The van der Waals surface area contributed by atoms with Gasteiger partial charge in [-0.05, 0) is 6.07 Å². The summed E-state index contributed by atoms with van der Waals surface area (Å²) in [5.41, 5.74) is 0. The van der Waals surface area contributed by atoms with E-state index < -0.39 is 0 Å². The summed E-state index contributed by atoms with van der Waals surface area (Å²) in [6.45, 7) is 0. The van der Waals surface area contributed by atoms with Crippen LogP contribution in [0.25, 0.3) is 10.8 Å². The summed E-state index contributed by atoms with van der Waals surface area (Å²) in [6, 6.07) is 1.55. The molecule has 2 aromatic rings. The predicted octanol–water partition coefficient (Wildman–Crippen LogP) is 2.58. The molecule has 0 aliphatic heterocycles. The molecule has 2 heterocycles. The molecule has 0 atom stereocenters. The van der Waals surface area contributed by atoms with Crippen LogP contribution in [0.5, 0.6) is 5.88 Å². The number of aromatic hydroxyl groups is 1. The molecule has 0 aliphatic carbocycles. The fourth-order valence-corrected chi connectivity index (χ4v) is 1.53. The number of aromatic nitrogens is 2. The third kappa shape index (κ3) is 1.02. The molecule has 0 unspecified atom stereocenters. The summed E-state index contributed by atoms with van der Waals surface area (Å²) in [7, 11) is 0. The van der Waals surface area contributed by atoms with E-state index in [0.717, 1.165) is 0 Å². The van der Waals surface area contributed by atoms with E-state index >= 15 is 0 Å². The highest BCUT2D eigenvalue weighted by molar-refractivity contribution is 6.36. The van der Waals surface area contributed by atoms with Crippen molar-refractivity contribution >= 4 is 34.0 Å². The third-order valence-electron chi connectivity index (χ3n) is 1.59. The maximum Gasteiger partial charge on any atom is 0.196 e. The van der Waals surface area contributed by atoms with Crippen LogP contribution in [0.3, 0.4) is 0 Å². The van der Waals surface area contributed by atoms with Crippen LogP contribution in [-0.2, 0) is 0 Å². The van der Waals surface area contributed by atoms with Crippen LogP contribution in [0.4, 0.5) is 0 Å². The summed E-state index contributed by atoms with van der Waals surface area (Å²) in [4.78, 5) is 6.43. The molecule has 3 nitrogen and oxygen atoms in total. The van der Waals surface area contributed by atoms with Gasteiger partial charge in [-0.1, -0.05) is 23.2 Å². The summed E-state index contributed by atoms with van der Waals surface area (Å²) in [5, 5.41) is 11.1. The molecule has 0 fully saturated rings. The van der Waals surface area contributed by atoms with Gasteiger partial charge in [-0.25, -0.2) is 4.98 Å². The average molecular weight is 203 g/mol. The van der Waals surface area contributed by atoms with Crippen molar-refractivity contribution < 1.29 is 5.11 Å². The number of nitrogens with zero attached hydrogens (tertiary/aromatic N) is 1. The van der Waals surface area contributed by atoms with Gasteiger partial charge in [-0.3, -0.25) is 0 Å². The van der Waals surface area contributed by atoms with Crippen LogP contribution in [0, 0.1) is 0 Å². The number of fused-ring (bicyclic) bond motifs is 1. The molecule has 0 radical (unpaired) electrons. The lowest BCUT2D eigenvalue weighted by Crippen LogP contribution is -1.76. The number of hydrogen-bond acceptors (Lipinski definition) is 2. The van der Waals surface area contributed by atoms with Gasteiger partial charge >= 0.3 is 0 Å². The van der Waals surface area contributed by atoms with Gasteiger partial charge in [-0.2, -0.15) is 0 Å². The molecule has 0 amide bonds. The minimum atomic E-state index is 0.0520. The molecule has 62 valence electrons. The number of halogens is 2. The fourth-order valence-electron chi connectivity index (χ4n) is 1.05. The van der Waals surface area contributed by atoms with Gasteiger partial charge in [0.15, 0.2) is 5.88 Å².